The summed E-state index contributed by atoms with van der Waals surface area (Å²) in [6.07, 6.45) is 5.26. The number of nitrogens with one attached hydrogen (secondary N) is 1. The number of anilines is 3. The zero-order valence-electron chi connectivity index (χ0n) is 8.60. The lowest BCUT2D eigenvalue weighted by Crippen LogP contribution is -2.01. The Hall–Kier alpha value is -2.11. The average molecular weight is 204 g/mol. The second-order valence-electron chi connectivity index (χ2n) is 3.29. The Bertz CT molecular complexity index is 475. The summed E-state index contributed by atoms with van der Waals surface area (Å²) in [6.45, 7) is 1.91. The first-order valence-corrected chi connectivity index (χ1v) is 4.50. The van der Waals surface area contributed by atoms with Crippen molar-refractivity contribution in [3.05, 3.63) is 24.2 Å². The lowest BCUT2D eigenvalue weighted by atomic mass is 10.3. The average Bonchev–Trinajstić information content (AvgIpc) is 2.58. The predicted octanol–water partition coefficient (Wildman–Crippen LogP) is 0.844. The molecule has 6 heteroatoms. The Morgan fingerprint density at radius 2 is 2.20 bits per heavy atom. The summed E-state index contributed by atoms with van der Waals surface area (Å²) in [5.41, 5.74) is 7.32. The molecule has 2 rings (SSSR count). The molecule has 0 fully saturated rings. The van der Waals surface area contributed by atoms with Crippen LogP contribution >= 0.6 is 0 Å². The van der Waals surface area contributed by atoms with Crippen LogP contribution < -0.4 is 11.1 Å². The predicted molar refractivity (Wildman–Crippen MR) is 57.7 cm³/mol. The molecule has 0 aromatic carbocycles. The van der Waals surface area contributed by atoms with Crippen molar-refractivity contribution in [1.29, 1.82) is 0 Å². The van der Waals surface area contributed by atoms with Crippen molar-refractivity contribution in [1.82, 2.24) is 19.7 Å². The Kier molecular flexibility index (Phi) is 2.24. The SMILES string of the molecule is Cc1cnc(N)nc1Nc1cnn(C)c1. The second-order valence-corrected chi connectivity index (χ2v) is 3.29. The maximum Gasteiger partial charge on any atom is 0.221 e. The summed E-state index contributed by atoms with van der Waals surface area (Å²) >= 11 is 0. The zero-order valence-corrected chi connectivity index (χ0v) is 8.60. The summed E-state index contributed by atoms with van der Waals surface area (Å²) in [5.74, 6) is 0.961. The third-order valence-corrected chi connectivity index (χ3v) is 1.96. The standard InChI is InChI=1S/C9H12N6/c1-6-3-11-9(10)14-8(6)13-7-4-12-15(2)5-7/h3-5H,1-2H3,(H3,10,11,13,14). The number of hydrogen-bond donors (Lipinski definition) is 2. The van der Waals surface area contributed by atoms with E-state index in [-0.39, 0.29) is 5.95 Å². The fourth-order valence-corrected chi connectivity index (χ4v) is 1.20. The molecular formula is C9H12N6. The molecule has 2 heterocycles. The molecular weight excluding hydrogens is 192 g/mol. The summed E-state index contributed by atoms with van der Waals surface area (Å²) in [7, 11) is 1.85. The molecule has 0 spiro atoms. The topological polar surface area (TPSA) is 81.7 Å². The number of nitrogens with zero attached hydrogens (tertiary/aromatic N) is 4. The highest BCUT2D eigenvalue weighted by atomic mass is 15.3. The van der Waals surface area contributed by atoms with Crippen LogP contribution in [0.4, 0.5) is 17.5 Å². The van der Waals surface area contributed by atoms with Gasteiger partial charge in [0.25, 0.3) is 0 Å². The number of rotatable bonds is 2. The van der Waals surface area contributed by atoms with Crippen molar-refractivity contribution in [3.8, 4) is 0 Å². The van der Waals surface area contributed by atoms with E-state index in [1.807, 2.05) is 20.2 Å². The van der Waals surface area contributed by atoms with E-state index in [1.54, 1.807) is 17.1 Å². The van der Waals surface area contributed by atoms with Crippen LogP contribution in [0, 0.1) is 6.92 Å². The van der Waals surface area contributed by atoms with E-state index in [9.17, 15) is 0 Å². The molecule has 0 saturated carbocycles. The van der Waals surface area contributed by atoms with Gasteiger partial charge in [0.15, 0.2) is 0 Å². The van der Waals surface area contributed by atoms with Gasteiger partial charge in [0.1, 0.15) is 5.82 Å². The van der Waals surface area contributed by atoms with Crippen molar-refractivity contribution in [2.75, 3.05) is 11.1 Å². The minimum absolute atomic E-state index is 0.256. The number of nitrogens with two attached hydrogens (primary N) is 1. The first-order chi connectivity index (χ1) is 7.15. The molecule has 3 N–H and O–H groups in total. The van der Waals surface area contributed by atoms with Crippen LogP contribution in [-0.4, -0.2) is 19.7 Å². The molecule has 0 aliphatic rings. The summed E-state index contributed by atoms with van der Waals surface area (Å²) in [6, 6.07) is 0. The number of aromatic nitrogens is 4. The van der Waals surface area contributed by atoms with Crippen LogP contribution in [0.15, 0.2) is 18.6 Å². The monoisotopic (exact) mass is 204 g/mol. The van der Waals surface area contributed by atoms with Crippen LogP contribution in [0.1, 0.15) is 5.56 Å². The molecule has 0 atom stereocenters. The van der Waals surface area contributed by atoms with E-state index in [0.717, 1.165) is 11.3 Å². The van der Waals surface area contributed by atoms with Gasteiger partial charge in [0.05, 0.1) is 11.9 Å². The highest BCUT2D eigenvalue weighted by Crippen LogP contribution is 2.16. The molecule has 0 unspecified atom stereocenters. The molecule has 0 amide bonds. The Balaban J connectivity index is 2.27. The number of aryl methyl sites for hydroxylation is 2. The van der Waals surface area contributed by atoms with Gasteiger partial charge in [0, 0.05) is 25.0 Å². The minimum atomic E-state index is 0.256. The van der Waals surface area contributed by atoms with Crippen molar-refractivity contribution in [3.63, 3.8) is 0 Å². The second kappa shape index (κ2) is 3.56. The van der Waals surface area contributed by atoms with Crippen molar-refractivity contribution >= 4 is 17.5 Å². The van der Waals surface area contributed by atoms with Crippen LogP contribution in [0.3, 0.4) is 0 Å². The fourth-order valence-electron chi connectivity index (χ4n) is 1.20. The summed E-state index contributed by atoms with van der Waals surface area (Å²) in [4.78, 5) is 7.99. The van der Waals surface area contributed by atoms with Crippen molar-refractivity contribution in [2.45, 2.75) is 6.92 Å². The van der Waals surface area contributed by atoms with E-state index < -0.39 is 0 Å². The van der Waals surface area contributed by atoms with E-state index in [4.69, 9.17) is 5.73 Å². The van der Waals surface area contributed by atoms with Crippen LogP contribution in [0.25, 0.3) is 0 Å². The highest BCUT2D eigenvalue weighted by molar-refractivity contribution is 5.57. The van der Waals surface area contributed by atoms with Crippen molar-refractivity contribution in [2.24, 2.45) is 7.05 Å². The van der Waals surface area contributed by atoms with Gasteiger partial charge in [-0.2, -0.15) is 10.1 Å². The maximum absolute atomic E-state index is 5.50. The van der Waals surface area contributed by atoms with E-state index in [0.29, 0.717) is 5.82 Å². The molecule has 2 aromatic rings. The van der Waals surface area contributed by atoms with Gasteiger partial charge < -0.3 is 11.1 Å². The maximum atomic E-state index is 5.50. The molecule has 78 valence electrons. The normalized spacial score (nSPS) is 10.3. The Morgan fingerprint density at radius 1 is 1.40 bits per heavy atom. The quantitative estimate of drug-likeness (QED) is 0.757. The van der Waals surface area contributed by atoms with Crippen LogP contribution in [0.2, 0.25) is 0 Å². The molecule has 2 aromatic heterocycles. The minimum Gasteiger partial charge on any atom is -0.368 e. The Morgan fingerprint density at radius 3 is 2.87 bits per heavy atom. The van der Waals surface area contributed by atoms with Gasteiger partial charge in [-0.3, -0.25) is 4.68 Å². The van der Waals surface area contributed by atoms with Crippen LogP contribution in [-0.2, 0) is 7.05 Å². The van der Waals surface area contributed by atoms with Crippen LogP contribution in [0.5, 0.6) is 0 Å². The number of hydrogen-bond acceptors (Lipinski definition) is 5. The van der Waals surface area contributed by atoms with Gasteiger partial charge in [-0.05, 0) is 6.92 Å². The first kappa shape index (κ1) is 9.45. The molecule has 0 radical (unpaired) electrons. The molecule has 6 nitrogen and oxygen atoms in total. The van der Waals surface area contributed by atoms with E-state index in [1.165, 1.54) is 0 Å². The molecule has 0 saturated heterocycles. The third kappa shape index (κ3) is 2.04. The van der Waals surface area contributed by atoms with Gasteiger partial charge in [-0.25, -0.2) is 4.98 Å². The largest absolute Gasteiger partial charge is 0.368 e. The van der Waals surface area contributed by atoms with E-state index >= 15 is 0 Å². The van der Waals surface area contributed by atoms with Crippen molar-refractivity contribution < 1.29 is 0 Å². The van der Waals surface area contributed by atoms with Gasteiger partial charge >= 0.3 is 0 Å². The van der Waals surface area contributed by atoms with Gasteiger partial charge in [-0.1, -0.05) is 0 Å². The lowest BCUT2D eigenvalue weighted by Gasteiger charge is -2.05. The molecule has 15 heavy (non-hydrogen) atoms. The van der Waals surface area contributed by atoms with Gasteiger partial charge in [-0.15, -0.1) is 0 Å². The summed E-state index contributed by atoms with van der Waals surface area (Å²) < 4.78 is 1.71. The Labute approximate surface area is 87.2 Å². The zero-order chi connectivity index (χ0) is 10.8. The van der Waals surface area contributed by atoms with E-state index in [2.05, 4.69) is 20.4 Å². The number of nitrogen functional groups attached to an aromatic ring is 1. The highest BCUT2D eigenvalue weighted by Gasteiger charge is 2.03. The molecule has 0 aliphatic carbocycles. The first-order valence-electron chi connectivity index (χ1n) is 4.50. The molecule has 0 aliphatic heterocycles. The lowest BCUT2D eigenvalue weighted by molar-refractivity contribution is 0.768. The third-order valence-electron chi connectivity index (χ3n) is 1.96. The van der Waals surface area contributed by atoms with Gasteiger partial charge in [0.2, 0.25) is 5.95 Å². The molecule has 0 bridgehead atoms. The smallest absolute Gasteiger partial charge is 0.221 e. The summed E-state index contributed by atoms with van der Waals surface area (Å²) in [5, 5.41) is 7.16. The fraction of sp³-hybridized carbons (Fsp3) is 0.222.